The van der Waals surface area contributed by atoms with Crippen LogP contribution in [0.25, 0.3) is 16.7 Å². The lowest BCUT2D eigenvalue weighted by Crippen LogP contribution is -2.23. The summed E-state index contributed by atoms with van der Waals surface area (Å²) in [4.78, 5) is 15.3. The van der Waals surface area contributed by atoms with E-state index in [0.717, 1.165) is 12.4 Å². The fraction of sp³-hybridized carbons (Fsp3) is 0.0870. The van der Waals surface area contributed by atoms with Crippen molar-refractivity contribution in [1.29, 1.82) is 0 Å². The van der Waals surface area contributed by atoms with E-state index in [9.17, 15) is 0 Å². The summed E-state index contributed by atoms with van der Waals surface area (Å²) in [6, 6.07) is 17.0. The second-order valence-corrected chi connectivity index (χ2v) is 6.67. The van der Waals surface area contributed by atoms with Crippen molar-refractivity contribution in [3.8, 4) is 11.1 Å². The third kappa shape index (κ3) is 3.06. The van der Waals surface area contributed by atoms with E-state index in [-0.39, 0.29) is 6.04 Å². The SMILES string of the molecule is C1=CC2=N[C@H](c3ccc(-c4ccncc4)cc3)CN2C=C1c1ccncc1. The molecule has 0 saturated heterocycles. The Morgan fingerprint density at radius 3 is 2.04 bits per heavy atom. The minimum Gasteiger partial charge on any atom is -0.330 e. The summed E-state index contributed by atoms with van der Waals surface area (Å²) in [5.74, 6) is 1.02. The van der Waals surface area contributed by atoms with Crippen molar-refractivity contribution in [1.82, 2.24) is 14.9 Å². The molecule has 1 aromatic carbocycles. The van der Waals surface area contributed by atoms with Gasteiger partial charge in [-0.2, -0.15) is 0 Å². The first-order valence-corrected chi connectivity index (χ1v) is 9.02. The average molecular weight is 350 g/mol. The zero-order valence-electron chi connectivity index (χ0n) is 14.7. The second-order valence-electron chi connectivity index (χ2n) is 6.67. The summed E-state index contributed by atoms with van der Waals surface area (Å²) in [6.45, 7) is 0.864. The van der Waals surface area contributed by atoms with E-state index < -0.39 is 0 Å². The molecule has 0 radical (unpaired) electrons. The maximum atomic E-state index is 4.90. The fourth-order valence-corrected chi connectivity index (χ4v) is 3.52. The van der Waals surface area contributed by atoms with Crippen molar-refractivity contribution in [2.75, 3.05) is 6.54 Å². The van der Waals surface area contributed by atoms with Crippen LogP contribution in [0, 0.1) is 0 Å². The number of nitrogens with zero attached hydrogens (tertiary/aromatic N) is 4. The van der Waals surface area contributed by atoms with Crippen LogP contribution in [0.1, 0.15) is 17.2 Å². The molecular weight excluding hydrogens is 332 g/mol. The van der Waals surface area contributed by atoms with E-state index in [1.807, 2.05) is 49.1 Å². The molecule has 2 aromatic heterocycles. The van der Waals surface area contributed by atoms with Gasteiger partial charge in [-0.25, -0.2) is 0 Å². The van der Waals surface area contributed by atoms with Gasteiger partial charge in [0.05, 0.1) is 12.6 Å². The standard InChI is InChI=1S/C23H18N4/c1-3-20(4-2-17(1)18-7-11-24-12-8-18)22-16-27-15-21(5-6-23(27)26-22)19-9-13-25-14-10-19/h1-15,22H,16H2/t22-/m0/s1. The van der Waals surface area contributed by atoms with Crippen molar-refractivity contribution in [3.63, 3.8) is 0 Å². The quantitative estimate of drug-likeness (QED) is 0.698. The minimum absolute atomic E-state index is 0.157. The molecule has 0 saturated carbocycles. The minimum atomic E-state index is 0.157. The second kappa shape index (κ2) is 6.65. The average Bonchev–Trinajstić information content (AvgIpc) is 3.18. The van der Waals surface area contributed by atoms with Crippen LogP contribution in [0.15, 0.2) is 96.7 Å². The molecule has 0 amide bonds. The van der Waals surface area contributed by atoms with Crippen LogP contribution >= 0.6 is 0 Å². The van der Waals surface area contributed by atoms with Gasteiger partial charge in [0.2, 0.25) is 0 Å². The summed E-state index contributed by atoms with van der Waals surface area (Å²) < 4.78 is 0. The Morgan fingerprint density at radius 2 is 1.33 bits per heavy atom. The lowest BCUT2D eigenvalue weighted by Gasteiger charge is -2.20. The molecule has 27 heavy (non-hydrogen) atoms. The molecule has 0 N–H and O–H groups in total. The van der Waals surface area contributed by atoms with Gasteiger partial charge in [-0.1, -0.05) is 24.3 Å². The van der Waals surface area contributed by atoms with Gasteiger partial charge in [-0.05, 0) is 64.2 Å². The molecule has 0 fully saturated rings. The van der Waals surface area contributed by atoms with E-state index >= 15 is 0 Å². The molecule has 3 aromatic rings. The summed E-state index contributed by atoms with van der Waals surface area (Å²) in [6.07, 6.45) is 13.7. The molecule has 0 bridgehead atoms. The molecule has 4 heterocycles. The van der Waals surface area contributed by atoms with Crippen LogP contribution in [-0.2, 0) is 0 Å². The summed E-state index contributed by atoms with van der Waals surface area (Å²) >= 11 is 0. The smallest absolute Gasteiger partial charge is 0.128 e. The molecule has 0 spiro atoms. The first-order valence-electron chi connectivity index (χ1n) is 9.02. The number of fused-ring (bicyclic) bond motifs is 1. The van der Waals surface area contributed by atoms with Crippen LogP contribution in [0.4, 0.5) is 0 Å². The van der Waals surface area contributed by atoms with E-state index in [1.165, 1.54) is 27.8 Å². The van der Waals surface area contributed by atoms with Gasteiger partial charge in [0.25, 0.3) is 0 Å². The molecule has 1 atom stereocenters. The zero-order valence-corrected chi connectivity index (χ0v) is 14.7. The van der Waals surface area contributed by atoms with E-state index in [1.54, 1.807) is 0 Å². The molecule has 0 aliphatic carbocycles. The number of hydrogen-bond acceptors (Lipinski definition) is 4. The molecule has 2 aliphatic rings. The third-order valence-corrected chi connectivity index (χ3v) is 4.98. The van der Waals surface area contributed by atoms with Crippen molar-refractivity contribution >= 4 is 11.4 Å². The van der Waals surface area contributed by atoms with Gasteiger partial charge in [-0.15, -0.1) is 0 Å². The Labute approximate surface area is 158 Å². The highest BCUT2D eigenvalue weighted by molar-refractivity contribution is 6.00. The highest BCUT2D eigenvalue weighted by Gasteiger charge is 2.25. The van der Waals surface area contributed by atoms with Crippen LogP contribution in [0.5, 0.6) is 0 Å². The first kappa shape index (κ1) is 15.7. The topological polar surface area (TPSA) is 41.4 Å². The number of aromatic nitrogens is 2. The highest BCUT2D eigenvalue weighted by Crippen LogP contribution is 2.31. The monoisotopic (exact) mass is 350 g/mol. The number of amidine groups is 1. The Hall–Kier alpha value is -3.53. The van der Waals surface area contributed by atoms with Crippen molar-refractivity contribution in [3.05, 3.63) is 103 Å². The van der Waals surface area contributed by atoms with Crippen LogP contribution in [0.3, 0.4) is 0 Å². The van der Waals surface area contributed by atoms with Crippen molar-refractivity contribution < 1.29 is 0 Å². The van der Waals surface area contributed by atoms with Crippen LogP contribution in [0.2, 0.25) is 0 Å². The van der Waals surface area contributed by atoms with Gasteiger partial charge in [0.15, 0.2) is 0 Å². The van der Waals surface area contributed by atoms with Crippen molar-refractivity contribution in [2.45, 2.75) is 6.04 Å². The number of hydrogen-bond donors (Lipinski definition) is 0. The van der Waals surface area contributed by atoms with Crippen molar-refractivity contribution in [2.24, 2.45) is 4.99 Å². The summed E-state index contributed by atoms with van der Waals surface area (Å²) in [5, 5.41) is 0. The Bertz CT molecular complexity index is 1030. The first-order chi connectivity index (χ1) is 13.4. The predicted molar refractivity (Wildman–Crippen MR) is 108 cm³/mol. The number of benzene rings is 1. The zero-order chi connectivity index (χ0) is 18.1. The summed E-state index contributed by atoms with van der Waals surface area (Å²) in [5.41, 5.74) is 5.97. The van der Waals surface area contributed by atoms with E-state index in [0.29, 0.717) is 0 Å². The summed E-state index contributed by atoms with van der Waals surface area (Å²) in [7, 11) is 0. The number of allylic oxidation sites excluding steroid dienone is 2. The molecular formula is C23H18N4. The Kier molecular flexibility index (Phi) is 3.87. The maximum Gasteiger partial charge on any atom is 0.128 e. The lowest BCUT2D eigenvalue weighted by molar-refractivity contribution is 0.552. The van der Waals surface area contributed by atoms with Crippen LogP contribution < -0.4 is 0 Å². The molecule has 2 aliphatic heterocycles. The molecule has 4 nitrogen and oxygen atoms in total. The largest absolute Gasteiger partial charge is 0.330 e. The predicted octanol–water partition coefficient (Wildman–Crippen LogP) is 4.51. The van der Waals surface area contributed by atoms with Crippen LogP contribution in [-0.4, -0.2) is 27.2 Å². The molecule has 130 valence electrons. The van der Waals surface area contributed by atoms with Gasteiger partial charge in [0.1, 0.15) is 5.84 Å². The third-order valence-electron chi connectivity index (χ3n) is 4.98. The van der Waals surface area contributed by atoms with Gasteiger partial charge in [0, 0.05) is 31.0 Å². The van der Waals surface area contributed by atoms with E-state index in [4.69, 9.17) is 4.99 Å². The molecule has 4 heteroatoms. The normalized spacial score (nSPS) is 18.1. The van der Waals surface area contributed by atoms with Gasteiger partial charge < -0.3 is 4.90 Å². The maximum absolute atomic E-state index is 4.90. The Morgan fingerprint density at radius 1 is 0.704 bits per heavy atom. The lowest BCUT2D eigenvalue weighted by atomic mass is 10.0. The van der Waals surface area contributed by atoms with Gasteiger partial charge >= 0.3 is 0 Å². The number of rotatable bonds is 3. The Balaban J connectivity index is 1.36. The van der Waals surface area contributed by atoms with Gasteiger partial charge in [-0.3, -0.25) is 15.0 Å². The van der Waals surface area contributed by atoms with E-state index in [2.05, 4.69) is 57.5 Å². The highest BCUT2D eigenvalue weighted by atomic mass is 15.2. The molecule has 5 rings (SSSR count). The number of pyridine rings is 2. The number of aliphatic imine (C=N–C) groups is 1. The fourth-order valence-electron chi connectivity index (χ4n) is 3.52. The molecule has 0 unspecified atom stereocenters.